The summed E-state index contributed by atoms with van der Waals surface area (Å²) in [5.74, 6) is -0.845. The monoisotopic (exact) mass is 742 g/mol. The van der Waals surface area contributed by atoms with Gasteiger partial charge in [-0.2, -0.15) is 0 Å². The zero-order chi connectivity index (χ0) is 37.5. The number of hydrogen-bond acceptors (Lipinski definition) is 8. The van der Waals surface area contributed by atoms with Crippen LogP contribution in [0.2, 0.25) is 0 Å². The molecule has 0 rings (SSSR count). The predicted molar refractivity (Wildman–Crippen MR) is 210 cm³/mol. The van der Waals surface area contributed by atoms with Crippen LogP contribution in [0.25, 0.3) is 0 Å². The molecule has 9 nitrogen and oxygen atoms in total. The topological polar surface area (TPSA) is 134 Å². The second-order valence-electron chi connectivity index (χ2n) is 13.5. The summed E-state index contributed by atoms with van der Waals surface area (Å²) in [5, 5.41) is 0. The Morgan fingerprint density at radius 1 is 0.588 bits per heavy atom. The molecule has 0 aromatic heterocycles. The largest absolute Gasteiger partial charge is 0.472 e. The number of carbonyl (C=O) groups is 2. The van der Waals surface area contributed by atoms with Crippen LogP contribution in [0.4, 0.5) is 0 Å². The minimum absolute atomic E-state index is 0.0512. The van der Waals surface area contributed by atoms with Crippen molar-refractivity contribution >= 4 is 19.8 Å². The third-order valence-corrected chi connectivity index (χ3v) is 9.48. The summed E-state index contributed by atoms with van der Waals surface area (Å²) in [6.45, 7) is 3.65. The molecule has 3 N–H and O–H groups in total. The van der Waals surface area contributed by atoms with Crippen molar-refractivity contribution in [1.29, 1.82) is 0 Å². The van der Waals surface area contributed by atoms with Crippen molar-refractivity contribution in [3.8, 4) is 0 Å². The number of unbranched alkanes of at least 4 members (excludes halogenated alkanes) is 19. The van der Waals surface area contributed by atoms with Gasteiger partial charge in [0.2, 0.25) is 0 Å². The zero-order valence-corrected chi connectivity index (χ0v) is 33.5. The number of phosphoric ester groups is 1. The lowest BCUT2D eigenvalue weighted by molar-refractivity contribution is -0.161. The highest BCUT2D eigenvalue weighted by Gasteiger charge is 2.26. The van der Waals surface area contributed by atoms with Crippen LogP contribution >= 0.6 is 7.82 Å². The van der Waals surface area contributed by atoms with Crippen molar-refractivity contribution in [2.24, 2.45) is 5.73 Å². The molecule has 0 radical (unpaired) electrons. The summed E-state index contributed by atoms with van der Waals surface area (Å²) in [6.07, 6.45) is 40.3. The van der Waals surface area contributed by atoms with Crippen molar-refractivity contribution in [2.75, 3.05) is 26.4 Å². The minimum Gasteiger partial charge on any atom is -0.462 e. The fraction of sp³-hybridized carbons (Fsp3) is 0.805. The Hall–Kier alpha value is -1.77. The molecule has 298 valence electrons. The first-order valence-corrected chi connectivity index (χ1v) is 22.0. The molecule has 0 aromatic carbocycles. The average Bonchev–Trinajstić information content (AvgIpc) is 3.11. The van der Waals surface area contributed by atoms with Crippen LogP contribution in [0, 0.1) is 0 Å². The summed E-state index contributed by atoms with van der Waals surface area (Å²) >= 11 is 0. The van der Waals surface area contributed by atoms with E-state index in [1.807, 2.05) is 0 Å². The Kier molecular flexibility index (Phi) is 36.7. The van der Waals surface area contributed by atoms with Gasteiger partial charge in [-0.3, -0.25) is 18.6 Å². The molecule has 0 aromatic rings. The first-order chi connectivity index (χ1) is 24.8. The lowest BCUT2D eigenvalue weighted by Crippen LogP contribution is -2.29. The molecule has 0 aliphatic rings. The quantitative estimate of drug-likeness (QED) is 0.0274. The van der Waals surface area contributed by atoms with Gasteiger partial charge in [0.25, 0.3) is 0 Å². The third-order valence-electron chi connectivity index (χ3n) is 8.50. The van der Waals surface area contributed by atoms with Crippen LogP contribution in [-0.4, -0.2) is 49.3 Å². The van der Waals surface area contributed by atoms with Crippen LogP contribution in [0.15, 0.2) is 36.5 Å². The second-order valence-corrected chi connectivity index (χ2v) is 14.9. The highest BCUT2D eigenvalue weighted by molar-refractivity contribution is 7.47. The second kappa shape index (κ2) is 38.0. The summed E-state index contributed by atoms with van der Waals surface area (Å²) < 4.78 is 32.7. The maximum atomic E-state index is 12.6. The van der Waals surface area contributed by atoms with Crippen LogP contribution in [0.1, 0.15) is 181 Å². The number of esters is 2. The lowest BCUT2D eigenvalue weighted by atomic mass is 10.1. The molecule has 0 spiro atoms. The SMILES string of the molecule is CCCC/C=C\CCCCCCCC(=O)OC[C@H](COP(=O)(O)OCCN)OC(=O)CCCCCCCCCCC/C=C\C/C=C\CCCCC. The molecule has 0 heterocycles. The molecule has 0 amide bonds. The van der Waals surface area contributed by atoms with E-state index in [1.165, 1.54) is 70.6 Å². The van der Waals surface area contributed by atoms with Crippen molar-refractivity contribution in [3.05, 3.63) is 36.5 Å². The Morgan fingerprint density at radius 2 is 1.04 bits per heavy atom. The maximum Gasteiger partial charge on any atom is 0.472 e. The van der Waals surface area contributed by atoms with E-state index in [2.05, 4.69) is 50.3 Å². The van der Waals surface area contributed by atoms with Gasteiger partial charge in [-0.25, -0.2) is 4.57 Å². The van der Waals surface area contributed by atoms with E-state index < -0.39 is 32.5 Å². The molecule has 0 fully saturated rings. The van der Waals surface area contributed by atoms with Gasteiger partial charge in [0.1, 0.15) is 6.61 Å². The van der Waals surface area contributed by atoms with Crippen LogP contribution < -0.4 is 5.73 Å². The molecule has 10 heteroatoms. The highest BCUT2D eigenvalue weighted by atomic mass is 31.2. The molecule has 0 bridgehead atoms. The fourth-order valence-electron chi connectivity index (χ4n) is 5.41. The molecule has 0 aliphatic heterocycles. The third kappa shape index (κ3) is 37.8. The Labute approximate surface area is 312 Å². The summed E-state index contributed by atoms with van der Waals surface area (Å²) in [4.78, 5) is 34.7. The van der Waals surface area contributed by atoms with Gasteiger partial charge in [-0.15, -0.1) is 0 Å². The summed E-state index contributed by atoms with van der Waals surface area (Å²) in [5.41, 5.74) is 5.33. The molecular formula is C41H76NO8P. The van der Waals surface area contributed by atoms with E-state index in [-0.39, 0.29) is 32.6 Å². The first-order valence-electron chi connectivity index (χ1n) is 20.5. The highest BCUT2D eigenvalue weighted by Crippen LogP contribution is 2.43. The van der Waals surface area contributed by atoms with E-state index in [0.29, 0.717) is 6.42 Å². The van der Waals surface area contributed by atoms with Crippen LogP contribution in [-0.2, 0) is 32.7 Å². The van der Waals surface area contributed by atoms with Crippen molar-refractivity contribution in [3.63, 3.8) is 0 Å². The molecular weight excluding hydrogens is 665 g/mol. The number of nitrogens with two attached hydrogens (primary N) is 1. The van der Waals surface area contributed by atoms with Gasteiger partial charge in [0, 0.05) is 19.4 Å². The van der Waals surface area contributed by atoms with Gasteiger partial charge >= 0.3 is 19.8 Å². The smallest absolute Gasteiger partial charge is 0.462 e. The molecule has 0 saturated heterocycles. The van der Waals surface area contributed by atoms with Crippen LogP contribution in [0.3, 0.4) is 0 Å². The van der Waals surface area contributed by atoms with Gasteiger partial charge in [0.15, 0.2) is 6.10 Å². The van der Waals surface area contributed by atoms with Crippen molar-refractivity contribution < 1.29 is 37.6 Å². The van der Waals surface area contributed by atoms with Gasteiger partial charge in [0.05, 0.1) is 13.2 Å². The maximum absolute atomic E-state index is 12.6. The molecule has 51 heavy (non-hydrogen) atoms. The van der Waals surface area contributed by atoms with E-state index in [1.54, 1.807) is 0 Å². The number of hydrogen-bond donors (Lipinski definition) is 2. The van der Waals surface area contributed by atoms with Gasteiger partial charge in [-0.05, 0) is 64.2 Å². The Balaban J connectivity index is 4.16. The predicted octanol–water partition coefficient (Wildman–Crippen LogP) is 11.4. The minimum atomic E-state index is -4.37. The van der Waals surface area contributed by atoms with E-state index >= 15 is 0 Å². The van der Waals surface area contributed by atoms with Crippen molar-refractivity contribution in [1.82, 2.24) is 0 Å². The normalized spacial score (nSPS) is 13.7. The standard InChI is InChI=1S/C41H76NO8P/c1-3-5-7-9-11-13-15-16-17-18-19-20-21-22-24-26-28-30-32-34-41(44)50-39(38-49-51(45,46)48-36-35-42)37-47-40(43)33-31-29-27-25-23-14-12-10-8-6-4-2/h10-13,16-17,39H,3-9,14-15,18-38,42H2,1-2H3,(H,45,46)/b12-10-,13-11-,17-16-/t39-/m1/s1. The van der Waals surface area contributed by atoms with Crippen molar-refractivity contribution in [2.45, 2.75) is 187 Å². The number of ether oxygens (including phenoxy) is 2. The zero-order valence-electron chi connectivity index (χ0n) is 32.6. The number of allylic oxidation sites excluding steroid dienone is 6. The molecule has 1 unspecified atom stereocenters. The molecule has 0 saturated carbocycles. The van der Waals surface area contributed by atoms with Crippen LogP contribution in [0.5, 0.6) is 0 Å². The number of rotatable bonds is 38. The summed E-state index contributed by atoms with van der Waals surface area (Å²) in [6, 6.07) is 0. The fourth-order valence-corrected chi connectivity index (χ4v) is 6.17. The number of phosphoric acid groups is 1. The van der Waals surface area contributed by atoms with E-state index in [4.69, 9.17) is 24.3 Å². The summed E-state index contributed by atoms with van der Waals surface area (Å²) in [7, 11) is -4.37. The molecule has 2 atom stereocenters. The molecule has 0 aliphatic carbocycles. The first kappa shape index (κ1) is 49.2. The number of carbonyl (C=O) groups excluding carboxylic acids is 2. The Morgan fingerprint density at radius 3 is 1.57 bits per heavy atom. The van der Waals surface area contributed by atoms with E-state index in [9.17, 15) is 19.0 Å². The van der Waals surface area contributed by atoms with Gasteiger partial charge in [-0.1, -0.05) is 140 Å². The average molecular weight is 742 g/mol. The Bertz CT molecular complexity index is 939. The lowest BCUT2D eigenvalue weighted by Gasteiger charge is -2.19. The van der Waals surface area contributed by atoms with Gasteiger partial charge < -0.3 is 20.1 Å². The van der Waals surface area contributed by atoms with E-state index in [0.717, 1.165) is 77.0 Å².